The van der Waals surface area contributed by atoms with Crippen LogP contribution in [0.4, 0.5) is 18.9 Å². The highest BCUT2D eigenvalue weighted by atomic mass is 32.2. The summed E-state index contributed by atoms with van der Waals surface area (Å²) >= 11 is 0. The summed E-state index contributed by atoms with van der Waals surface area (Å²) in [5.41, 5.74) is -0.143. The predicted octanol–water partition coefficient (Wildman–Crippen LogP) is 3.06. The first-order valence-electron chi connectivity index (χ1n) is 10.5. The molecule has 0 saturated carbocycles. The Bertz CT molecular complexity index is 1140. The Labute approximate surface area is 197 Å². The van der Waals surface area contributed by atoms with E-state index in [-0.39, 0.29) is 23.7 Å². The van der Waals surface area contributed by atoms with Gasteiger partial charge in [0.25, 0.3) is 0 Å². The van der Waals surface area contributed by atoms with Crippen LogP contribution in [-0.4, -0.2) is 50.5 Å². The normalized spacial score (nSPS) is 12.4. The maximum Gasteiger partial charge on any atom is 0.244 e. The first-order valence-corrected chi connectivity index (χ1v) is 12.4. The number of carbonyl (C=O) groups excluding carboxylic acids is 2. The number of hydrogen-bond acceptors (Lipinski definition) is 4. The van der Waals surface area contributed by atoms with Gasteiger partial charge in [0.15, 0.2) is 11.6 Å². The summed E-state index contributed by atoms with van der Waals surface area (Å²) in [4.78, 5) is 27.0. The Hall–Kier alpha value is -3.08. The third-order valence-corrected chi connectivity index (χ3v) is 6.16. The zero-order valence-electron chi connectivity index (χ0n) is 19.4. The van der Waals surface area contributed by atoms with Crippen LogP contribution >= 0.6 is 0 Å². The number of carbonyl (C=O) groups is 2. The molecule has 7 nitrogen and oxygen atoms in total. The van der Waals surface area contributed by atoms with Crippen LogP contribution in [0.15, 0.2) is 42.5 Å². The zero-order chi connectivity index (χ0) is 25.6. The molecule has 0 aliphatic rings. The highest BCUT2D eigenvalue weighted by Crippen LogP contribution is 2.22. The molecule has 2 aromatic rings. The molecule has 2 amide bonds. The third kappa shape index (κ3) is 7.21. The second-order valence-electron chi connectivity index (χ2n) is 8.30. The van der Waals surface area contributed by atoms with Gasteiger partial charge in [-0.1, -0.05) is 32.0 Å². The maximum absolute atomic E-state index is 14.3. The van der Waals surface area contributed by atoms with Crippen LogP contribution in [-0.2, 0) is 26.2 Å². The molecule has 0 unspecified atom stereocenters. The molecule has 1 atom stereocenters. The average Bonchev–Trinajstić information content (AvgIpc) is 2.75. The van der Waals surface area contributed by atoms with Crippen LogP contribution < -0.4 is 9.62 Å². The van der Waals surface area contributed by atoms with Crippen molar-refractivity contribution >= 4 is 27.5 Å². The predicted molar refractivity (Wildman–Crippen MR) is 123 cm³/mol. The second-order valence-corrected chi connectivity index (χ2v) is 10.2. The minimum atomic E-state index is -4.10. The first kappa shape index (κ1) is 27.2. The van der Waals surface area contributed by atoms with Crippen LogP contribution in [0.2, 0.25) is 0 Å². The van der Waals surface area contributed by atoms with Gasteiger partial charge in [0.1, 0.15) is 18.4 Å². The van der Waals surface area contributed by atoms with Crippen LogP contribution in [0.3, 0.4) is 0 Å². The fraction of sp³-hybridized carbons (Fsp3) is 0.391. The van der Waals surface area contributed by atoms with Crippen LogP contribution in [0.1, 0.15) is 26.3 Å². The number of halogens is 3. The summed E-state index contributed by atoms with van der Waals surface area (Å²) in [6.45, 7) is 4.45. The molecule has 186 valence electrons. The molecule has 0 fully saturated rings. The van der Waals surface area contributed by atoms with Crippen LogP contribution in [0, 0.1) is 23.4 Å². The van der Waals surface area contributed by atoms with Crippen LogP contribution in [0.5, 0.6) is 0 Å². The third-order valence-electron chi connectivity index (χ3n) is 5.02. The lowest BCUT2D eigenvalue weighted by atomic mass is 10.1. The number of anilines is 1. The quantitative estimate of drug-likeness (QED) is 0.545. The first-order chi connectivity index (χ1) is 15.8. The van der Waals surface area contributed by atoms with Crippen molar-refractivity contribution in [3.8, 4) is 0 Å². The topological polar surface area (TPSA) is 86.8 Å². The summed E-state index contributed by atoms with van der Waals surface area (Å²) in [6, 6.07) is 7.02. The van der Waals surface area contributed by atoms with Gasteiger partial charge in [-0.25, -0.2) is 21.6 Å². The van der Waals surface area contributed by atoms with E-state index in [2.05, 4.69) is 5.32 Å². The average molecular weight is 500 g/mol. The Morgan fingerprint density at radius 3 is 2.18 bits per heavy atom. The zero-order valence-corrected chi connectivity index (χ0v) is 20.2. The van der Waals surface area contributed by atoms with Gasteiger partial charge in [-0.15, -0.1) is 0 Å². The molecule has 0 radical (unpaired) electrons. The van der Waals surface area contributed by atoms with Gasteiger partial charge in [0, 0.05) is 24.7 Å². The Kier molecular flexibility index (Phi) is 9.08. The number of nitrogens with zero attached hydrogens (tertiary/aromatic N) is 2. The molecule has 0 aliphatic carbocycles. The standard InChI is InChI=1S/C23H28F3N3O4S/c1-15(2)12-27-23(31)16(3)28(13-17-7-5-6-8-19(17)24)22(30)14-29(34(4,32)33)18-9-10-20(25)21(26)11-18/h5-11,15-16H,12-14H2,1-4H3,(H,27,31)/t16-/m0/s1. The molecule has 1 N–H and O–H groups in total. The van der Waals surface area contributed by atoms with E-state index in [4.69, 9.17) is 0 Å². The molecule has 0 spiro atoms. The highest BCUT2D eigenvalue weighted by Gasteiger charge is 2.30. The molecule has 0 bridgehead atoms. The van der Waals surface area contributed by atoms with E-state index in [0.29, 0.717) is 16.9 Å². The minimum Gasteiger partial charge on any atom is -0.354 e. The van der Waals surface area contributed by atoms with Crippen LogP contribution in [0.25, 0.3) is 0 Å². The van der Waals surface area contributed by atoms with Gasteiger partial charge in [0.2, 0.25) is 21.8 Å². The summed E-state index contributed by atoms with van der Waals surface area (Å²) in [5, 5.41) is 2.70. The lowest BCUT2D eigenvalue weighted by Gasteiger charge is -2.31. The Balaban J connectivity index is 2.40. The molecule has 0 heterocycles. The molecule has 0 aromatic heterocycles. The van der Waals surface area contributed by atoms with Crippen molar-refractivity contribution in [3.05, 3.63) is 65.5 Å². The molecular weight excluding hydrogens is 471 g/mol. The van der Waals surface area contributed by atoms with E-state index in [0.717, 1.165) is 23.3 Å². The van der Waals surface area contributed by atoms with E-state index >= 15 is 0 Å². The van der Waals surface area contributed by atoms with Gasteiger partial charge in [-0.2, -0.15) is 0 Å². The number of sulfonamides is 1. The largest absolute Gasteiger partial charge is 0.354 e. The smallest absolute Gasteiger partial charge is 0.244 e. The maximum atomic E-state index is 14.3. The molecule has 2 rings (SSSR count). The number of amides is 2. The summed E-state index contributed by atoms with van der Waals surface area (Å²) < 4.78 is 66.8. The van der Waals surface area contributed by atoms with Crippen molar-refractivity contribution in [2.45, 2.75) is 33.4 Å². The number of hydrogen-bond donors (Lipinski definition) is 1. The van der Waals surface area contributed by atoms with Gasteiger partial charge >= 0.3 is 0 Å². The van der Waals surface area contributed by atoms with Crippen molar-refractivity contribution in [1.29, 1.82) is 0 Å². The van der Waals surface area contributed by atoms with Crippen molar-refractivity contribution in [3.63, 3.8) is 0 Å². The molecular formula is C23H28F3N3O4S. The summed E-state index contributed by atoms with van der Waals surface area (Å²) in [6.07, 6.45) is 0.807. The lowest BCUT2D eigenvalue weighted by Crippen LogP contribution is -2.51. The van der Waals surface area contributed by atoms with Gasteiger partial charge in [-0.05, 0) is 31.0 Å². The fourth-order valence-electron chi connectivity index (χ4n) is 3.10. The fourth-order valence-corrected chi connectivity index (χ4v) is 3.94. The summed E-state index contributed by atoms with van der Waals surface area (Å²) in [5.74, 6) is -4.26. The number of rotatable bonds is 10. The monoisotopic (exact) mass is 499 g/mol. The SMILES string of the molecule is CC(C)CNC(=O)[C@H](C)N(Cc1ccccc1F)C(=O)CN(c1ccc(F)c(F)c1)S(C)(=O)=O. The van der Waals surface area contributed by atoms with Crippen molar-refractivity contribution < 1.29 is 31.2 Å². The Morgan fingerprint density at radius 2 is 1.62 bits per heavy atom. The molecule has 11 heteroatoms. The van der Waals surface area contributed by atoms with Gasteiger partial charge < -0.3 is 10.2 Å². The van der Waals surface area contributed by atoms with E-state index in [1.807, 2.05) is 13.8 Å². The van der Waals surface area contributed by atoms with E-state index < -0.39 is 51.9 Å². The second kappa shape index (κ2) is 11.4. The van der Waals surface area contributed by atoms with E-state index in [1.165, 1.54) is 25.1 Å². The molecule has 2 aromatic carbocycles. The van der Waals surface area contributed by atoms with Gasteiger partial charge in [0.05, 0.1) is 11.9 Å². The minimum absolute atomic E-state index is 0.123. The van der Waals surface area contributed by atoms with Crippen molar-refractivity contribution in [2.75, 3.05) is 23.7 Å². The lowest BCUT2D eigenvalue weighted by molar-refractivity contribution is -0.139. The number of benzene rings is 2. The van der Waals surface area contributed by atoms with Crippen molar-refractivity contribution in [1.82, 2.24) is 10.2 Å². The Morgan fingerprint density at radius 1 is 0.971 bits per heavy atom. The van der Waals surface area contributed by atoms with Crippen molar-refractivity contribution in [2.24, 2.45) is 5.92 Å². The molecule has 0 aliphatic heterocycles. The highest BCUT2D eigenvalue weighted by molar-refractivity contribution is 7.92. The van der Waals surface area contributed by atoms with Gasteiger partial charge in [-0.3, -0.25) is 13.9 Å². The summed E-state index contributed by atoms with van der Waals surface area (Å²) in [7, 11) is -4.10. The number of nitrogens with one attached hydrogen (secondary N) is 1. The van der Waals surface area contributed by atoms with E-state index in [9.17, 15) is 31.2 Å². The molecule has 0 saturated heterocycles. The van der Waals surface area contributed by atoms with E-state index in [1.54, 1.807) is 6.07 Å². The molecule has 34 heavy (non-hydrogen) atoms.